The van der Waals surface area contributed by atoms with Crippen LogP contribution < -0.4 is 10.6 Å². The summed E-state index contributed by atoms with van der Waals surface area (Å²) in [4.78, 5) is 29.5. The number of carbonyl (C=O) groups excluding carboxylic acids is 2. The van der Waals surface area contributed by atoms with E-state index in [9.17, 15) is 27.2 Å². The zero-order chi connectivity index (χ0) is 24.5. The van der Waals surface area contributed by atoms with Crippen molar-refractivity contribution in [1.29, 1.82) is 0 Å². The molecule has 0 radical (unpaired) electrons. The number of hydrogen-bond donors (Lipinski definition) is 2. The summed E-state index contributed by atoms with van der Waals surface area (Å²) in [6.07, 6.45) is -0.898. The zero-order valence-corrected chi connectivity index (χ0v) is 18.2. The maximum Gasteiger partial charge on any atom is 0.416 e. The zero-order valence-electron chi connectivity index (χ0n) is 18.2. The van der Waals surface area contributed by atoms with Gasteiger partial charge in [0.25, 0.3) is 11.8 Å². The third-order valence-electron chi connectivity index (χ3n) is 5.84. The van der Waals surface area contributed by atoms with E-state index in [0.29, 0.717) is 17.8 Å². The number of rotatable bonds is 4. The number of fused-ring (bicyclic) bond motifs is 1. The summed E-state index contributed by atoms with van der Waals surface area (Å²) >= 11 is 0. The molecule has 0 fully saturated rings. The second kappa shape index (κ2) is 9.24. The number of anilines is 1. The first kappa shape index (κ1) is 23.4. The smallest absolute Gasteiger partial charge is 0.355 e. The maximum absolute atomic E-state index is 13.9. The summed E-state index contributed by atoms with van der Waals surface area (Å²) in [6, 6.07) is 10.9. The highest BCUT2D eigenvalue weighted by Crippen LogP contribution is 2.39. The summed E-state index contributed by atoms with van der Waals surface area (Å²) in [6.45, 7) is 0. The SMILES string of the molecule is CNC(=O)c1cnc(C2CCCc3ccccc32)c(NC(=O)c2cc(F)cc(C(F)(F)F)c2)c1. The molecule has 0 saturated carbocycles. The van der Waals surface area contributed by atoms with Crippen LogP contribution in [0.1, 0.15) is 61.9 Å². The van der Waals surface area contributed by atoms with Crippen LogP contribution in [0.3, 0.4) is 0 Å². The Morgan fingerprint density at radius 2 is 1.79 bits per heavy atom. The monoisotopic (exact) mass is 471 g/mol. The van der Waals surface area contributed by atoms with Gasteiger partial charge in [-0.05, 0) is 54.7 Å². The number of aromatic nitrogens is 1. The van der Waals surface area contributed by atoms with Gasteiger partial charge in [0.2, 0.25) is 0 Å². The topological polar surface area (TPSA) is 71.1 Å². The van der Waals surface area contributed by atoms with Gasteiger partial charge in [-0.1, -0.05) is 24.3 Å². The van der Waals surface area contributed by atoms with Gasteiger partial charge in [0.15, 0.2) is 0 Å². The molecule has 176 valence electrons. The van der Waals surface area contributed by atoms with E-state index in [1.807, 2.05) is 24.3 Å². The number of carbonyl (C=O) groups is 2. The minimum absolute atomic E-state index is 0.167. The Balaban J connectivity index is 1.76. The number of aryl methyl sites for hydroxylation is 1. The Kier molecular flexibility index (Phi) is 6.37. The van der Waals surface area contributed by atoms with Crippen LogP contribution in [0.2, 0.25) is 0 Å². The maximum atomic E-state index is 13.9. The average molecular weight is 471 g/mol. The molecule has 2 aromatic carbocycles. The van der Waals surface area contributed by atoms with Crippen molar-refractivity contribution < 1.29 is 27.2 Å². The Morgan fingerprint density at radius 3 is 2.53 bits per heavy atom. The highest BCUT2D eigenvalue weighted by Gasteiger charge is 2.32. The molecule has 2 N–H and O–H groups in total. The predicted octanol–water partition coefficient (Wildman–Crippen LogP) is 5.32. The summed E-state index contributed by atoms with van der Waals surface area (Å²) in [5.74, 6) is -2.74. The number of halogens is 4. The molecule has 0 saturated heterocycles. The highest BCUT2D eigenvalue weighted by atomic mass is 19.4. The summed E-state index contributed by atoms with van der Waals surface area (Å²) in [7, 11) is 1.44. The molecule has 1 aromatic heterocycles. The first-order valence-corrected chi connectivity index (χ1v) is 10.7. The van der Waals surface area contributed by atoms with E-state index in [0.717, 1.165) is 36.5 Å². The largest absolute Gasteiger partial charge is 0.416 e. The first-order chi connectivity index (χ1) is 16.2. The highest BCUT2D eigenvalue weighted by molar-refractivity contribution is 6.05. The van der Waals surface area contributed by atoms with Gasteiger partial charge in [0.1, 0.15) is 5.82 Å². The minimum Gasteiger partial charge on any atom is -0.355 e. The van der Waals surface area contributed by atoms with Gasteiger partial charge in [-0.3, -0.25) is 14.6 Å². The number of nitrogens with zero attached hydrogens (tertiary/aromatic N) is 1. The fourth-order valence-electron chi connectivity index (χ4n) is 4.24. The number of pyridine rings is 1. The van der Waals surface area contributed by atoms with Gasteiger partial charge in [-0.25, -0.2) is 4.39 Å². The Hall–Kier alpha value is -3.75. The molecule has 9 heteroatoms. The molecule has 1 unspecified atom stereocenters. The molecular formula is C25H21F4N3O2. The first-order valence-electron chi connectivity index (χ1n) is 10.7. The van der Waals surface area contributed by atoms with Crippen molar-refractivity contribution >= 4 is 17.5 Å². The van der Waals surface area contributed by atoms with Crippen molar-refractivity contribution in [2.45, 2.75) is 31.4 Å². The number of hydrogen-bond acceptors (Lipinski definition) is 3. The third-order valence-corrected chi connectivity index (χ3v) is 5.84. The molecule has 34 heavy (non-hydrogen) atoms. The van der Waals surface area contributed by atoms with Crippen LogP contribution in [0.4, 0.5) is 23.2 Å². The van der Waals surface area contributed by atoms with Gasteiger partial charge >= 0.3 is 6.18 Å². The summed E-state index contributed by atoms with van der Waals surface area (Å²) in [5.41, 5.74) is 1.26. The van der Waals surface area contributed by atoms with E-state index >= 15 is 0 Å². The number of alkyl halides is 3. The van der Waals surface area contributed by atoms with E-state index in [2.05, 4.69) is 15.6 Å². The molecule has 2 amide bonds. The number of amides is 2. The van der Waals surface area contributed by atoms with Crippen molar-refractivity contribution in [2.24, 2.45) is 0 Å². The van der Waals surface area contributed by atoms with Crippen LogP contribution in [0.25, 0.3) is 0 Å². The van der Waals surface area contributed by atoms with Crippen LogP contribution in [0.15, 0.2) is 54.7 Å². The lowest BCUT2D eigenvalue weighted by Crippen LogP contribution is -2.22. The van der Waals surface area contributed by atoms with Gasteiger partial charge in [0.05, 0.1) is 22.5 Å². The molecule has 1 aliphatic carbocycles. The number of nitrogens with one attached hydrogen (secondary N) is 2. The predicted molar refractivity (Wildman–Crippen MR) is 118 cm³/mol. The molecule has 3 aromatic rings. The molecule has 1 atom stereocenters. The van der Waals surface area contributed by atoms with Crippen LogP contribution in [-0.4, -0.2) is 23.8 Å². The lowest BCUT2D eigenvalue weighted by molar-refractivity contribution is -0.137. The Labute approximate surface area is 193 Å². The summed E-state index contributed by atoms with van der Waals surface area (Å²) in [5, 5.41) is 5.04. The molecular weight excluding hydrogens is 450 g/mol. The lowest BCUT2D eigenvalue weighted by Gasteiger charge is -2.27. The van der Waals surface area contributed by atoms with E-state index in [4.69, 9.17) is 0 Å². The van der Waals surface area contributed by atoms with Crippen molar-refractivity contribution in [1.82, 2.24) is 10.3 Å². The molecule has 5 nitrogen and oxygen atoms in total. The molecule has 1 heterocycles. The standard InChI is InChI=1S/C25H21F4N3O2/c1-30-23(33)16-11-21(32-24(34)15-9-17(25(27,28)29)12-18(26)10-15)22(31-13-16)20-8-4-6-14-5-2-3-7-19(14)20/h2-3,5,7,9-13,20H,4,6,8H2,1H3,(H,30,33)(H,32,34). The fourth-order valence-corrected chi connectivity index (χ4v) is 4.24. The molecule has 0 bridgehead atoms. The van der Waals surface area contributed by atoms with Crippen molar-refractivity contribution in [2.75, 3.05) is 12.4 Å². The van der Waals surface area contributed by atoms with Gasteiger partial charge < -0.3 is 10.6 Å². The van der Waals surface area contributed by atoms with Gasteiger partial charge in [-0.2, -0.15) is 13.2 Å². The molecule has 1 aliphatic rings. The van der Waals surface area contributed by atoms with Crippen molar-refractivity contribution in [3.05, 3.63) is 94.1 Å². The van der Waals surface area contributed by atoms with E-state index < -0.39 is 34.9 Å². The van der Waals surface area contributed by atoms with Crippen LogP contribution in [-0.2, 0) is 12.6 Å². The second-order valence-electron chi connectivity index (χ2n) is 8.06. The van der Waals surface area contributed by atoms with Crippen molar-refractivity contribution in [3.63, 3.8) is 0 Å². The van der Waals surface area contributed by atoms with Gasteiger partial charge in [-0.15, -0.1) is 0 Å². The normalized spacial score (nSPS) is 15.4. The van der Waals surface area contributed by atoms with E-state index in [1.165, 1.54) is 19.3 Å². The third kappa shape index (κ3) is 4.78. The Bertz CT molecular complexity index is 1260. The van der Waals surface area contributed by atoms with E-state index in [-0.39, 0.29) is 17.2 Å². The second-order valence-corrected chi connectivity index (χ2v) is 8.06. The minimum atomic E-state index is -4.81. The van der Waals surface area contributed by atoms with Crippen LogP contribution in [0.5, 0.6) is 0 Å². The Morgan fingerprint density at radius 1 is 1.03 bits per heavy atom. The van der Waals surface area contributed by atoms with Crippen molar-refractivity contribution in [3.8, 4) is 0 Å². The molecule has 0 aliphatic heterocycles. The fraction of sp³-hybridized carbons (Fsp3) is 0.240. The average Bonchev–Trinajstić information content (AvgIpc) is 2.82. The molecule has 4 rings (SSSR count). The lowest BCUT2D eigenvalue weighted by atomic mass is 9.80. The quantitative estimate of drug-likeness (QED) is 0.506. The summed E-state index contributed by atoms with van der Waals surface area (Å²) < 4.78 is 53.2. The number of benzene rings is 2. The van der Waals surface area contributed by atoms with E-state index in [1.54, 1.807) is 0 Å². The van der Waals surface area contributed by atoms with Crippen LogP contribution >= 0.6 is 0 Å². The van der Waals surface area contributed by atoms with Crippen LogP contribution in [0, 0.1) is 5.82 Å². The van der Waals surface area contributed by atoms with Gasteiger partial charge in [0, 0.05) is 24.7 Å². The molecule has 0 spiro atoms.